The first kappa shape index (κ1) is 19.9. The zero-order valence-electron chi connectivity index (χ0n) is 15.6. The first-order chi connectivity index (χ1) is 12.8. The van der Waals surface area contributed by atoms with Gasteiger partial charge in [-0.15, -0.1) is 0 Å². The van der Waals surface area contributed by atoms with Gasteiger partial charge in [-0.2, -0.15) is 5.10 Å². The number of carbonyl (C=O) groups excluding carboxylic acids is 3. The lowest BCUT2D eigenvalue weighted by molar-refractivity contribution is -0.151. The molecule has 0 aliphatic carbocycles. The Hall–Kier alpha value is -3.42. The molecule has 1 atom stereocenters. The van der Waals surface area contributed by atoms with E-state index in [9.17, 15) is 14.4 Å². The number of imide groups is 1. The fraction of sp³-hybridized carbons (Fsp3) is 0.263. The van der Waals surface area contributed by atoms with E-state index < -0.39 is 24.0 Å². The van der Waals surface area contributed by atoms with E-state index >= 15 is 0 Å². The first-order valence-corrected chi connectivity index (χ1v) is 8.30. The van der Waals surface area contributed by atoms with E-state index in [4.69, 9.17) is 4.74 Å². The fourth-order valence-electron chi connectivity index (χ4n) is 2.48. The molecule has 0 bridgehead atoms. The van der Waals surface area contributed by atoms with Crippen LogP contribution in [0.5, 0.6) is 0 Å². The molecule has 8 nitrogen and oxygen atoms in total. The van der Waals surface area contributed by atoms with Crippen LogP contribution < -0.4 is 10.6 Å². The molecule has 27 heavy (non-hydrogen) atoms. The highest BCUT2D eigenvalue weighted by molar-refractivity contribution is 5.98. The summed E-state index contributed by atoms with van der Waals surface area (Å²) in [6, 6.07) is 7.78. The summed E-state index contributed by atoms with van der Waals surface area (Å²) in [6.45, 7) is 3.72. The number of esters is 1. The van der Waals surface area contributed by atoms with Crippen molar-refractivity contribution in [3.05, 3.63) is 58.9 Å². The van der Waals surface area contributed by atoms with E-state index in [1.165, 1.54) is 13.1 Å². The number of nitrogens with zero attached hydrogens (tertiary/aromatic N) is 2. The van der Waals surface area contributed by atoms with Crippen molar-refractivity contribution in [2.24, 2.45) is 7.05 Å². The molecular formula is C19H22N4O4. The van der Waals surface area contributed by atoms with Crippen LogP contribution in [0, 0.1) is 13.8 Å². The number of benzene rings is 1. The average Bonchev–Trinajstić information content (AvgIpc) is 2.90. The number of ether oxygens (including phenoxy) is 1. The third-order valence-corrected chi connectivity index (χ3v) is 3.99. The third kappa shape index (κ3) is 5.04. The maximum absolute atomic E-state index is 12.3. The summed E-state index contributed by atoms with van der Waals surface area (Å²) < 4.78 is 7.02. The standard InChI is InChI=1S/C19H22N4O4/c1-12-15(13(2)23(4)22-12)10-11-16(24)27-17(14-8-6-5-7-9-14)18(25)21-19(26)20-3/h5-11,17H,1-4H3,(H2,20,21,25,26)/b11-10+. The number of carbonyl (C=O) groups is 3. The lowest BCUT2D eigenvalue weighted by Gasteiger charge is -2.16. The number of urea groups is 1. The number of amides is 3. The lowest BCUT2D eigenvalue weighted by Crippen LogP contribution is -2.41. The lowest BCUT2D eigenvalue weighted by atomic mass is 10.1. The van der Waals surface area contributed by atoms with E-state index in [0.717, 1.165) is 17.0 Å². The normalized spacial score (nSPS) is 11.9. The van der Waals surface area contributed by atoms with Crippen molar-refractivity contribution in [1.29, 1.82) is 0 Å². The van der Waals surface area contributed by atoms with Crippen molar-refractivity contribution in [3.8, 4) is 0 Å². The van der Waals surface area contributed by atoms with Crippen molar-refractivity contribution in [2.45, 2.75) is 20.0 Å². The van der Waals surface area contributed by atoms with Gasteiger partial charge in [0.05, 0.1) is 5.69 Å². The molecule has 8 heteroatoms. The molecule has 1 unspecified atom stereocenters. The quantitative estimate of drug-likeness (QED) is 0.617. The van der Waals surface area contributed by atoms with Crippen molar-refractivity contribution >= 4 is 24.0 Å². The van der Waals surface area contributed by atoms with Gasteiger partial charge >= 0.3 is 12.0 Å². The van der Waals surface area contributed by atoms with Gasteiger partial charge in [-0.3, -0.25) is 14.8 Å². The summed E-state index contributed by atoms with van der Waals surface area (Å²) in [5.41, 5.74) is 2.93. The Morgan fingerprint density at radius 1 is 1.19 bits per heavy atom. The molecule has 0 spiro atoms. The Morgan fingerprint density at radius 2 is 1.85 bits per heavy atom. The highest BCUT2D eigenvalue weighted by Crippen LogP contribution is 2.19. The number of nitrogens with one attached hydrogen (secondary N) is 2. The Kier molecular flexibility index (Phi) is 6.48. The second-order valence-corrected chi connectivity index (χ2v) is 5.84. The van der Waals surface area contributed by atoms with Gasteiger partial charge in [-0.1, -0.05) is 30.3 Å². The zero-order chi connectivity index (χ0) is 20.0. The summed E-state index contributed by atoms with van der Waals surface area (Å²) in [5.74, 6) is -1.45. The van der Waals surface area contributed by atoms with Crippen LogP contribution in [0.25, 0.3) is 6.08 Å². The second kappa shape index (κ2) is 8.79. The largest absolute Gasteiger partial charge is 0.444 e. The van der Waals surface area contributed by atoms with Gasteiger partial charge in [0.25, 0.3) is 5.91 Å². The number of hydrogen-bond donors (Lipinski definition) is 2. The van der Waals surface area contributed by atoms with Gasteiger partial charge in [-0.05, 0) is 19.9 Å². The van der Waals surface area contributed by atoms with Crippen LogP contribution in [0.3, 0.4) is 0 Å². The molecule has 0 aliphatic heterocycles. The van der Waals surface area contributed by atoms with Gasteiger partial charge in [0.2, 0.25) is 6.10 Å². The summed E-state index contributed by atoms with van der Waals surface area (Å²) >= 11 is 0. The Balaban J connectivity index is 2.19. The topological polar surface area (TPSA) is 102 Å². The van der Waals surface area contributed by atoms with Crippen LogP contribution in [-0.2, 0) is 21.4 Å². The first-order valence-electron chi connectivity index (χ1n) is 8.30. The smallest absolute Gasteiger partial charge is 0.331 e. The monoisotopic (exact) mass is 370 g/mol. The van der Waals surface area contributed by atoms with Crippen LogP contribution >= 0.6 is 0 Å². The molecule has 0 fully saturated rings. The molecule has 2 N–H and O–H groups in total. The average molecular weight is 370 g/mol. The molecule has 1 aromatic heterocycles. The minimum atomic E-state index is -1.25. The minimum absolute atomic E-state index is 0.453. The van der Waals surface area contributed by atoms with Crippen molar-refractivity contribution in [3.63, 3.8) is 0 Å². The molecule has 1 heterocycles. The minimum Gasteiger partial charge on any atom is -0.444 e. The molecule has 2 aromatic rings. The predicted octanol–water partition coefficient (Wildman–Crippen LogP) is 1.79. The van der Waals surface area contributed by atoms with Gasteiger partial charge < -0.3 is 10.1 Å². The molecule has 2 rings (SSSR count). The molecule has 0 aliphatic rings. The number of rotatable bonds is 5. The fourth-order valence-corrected chi connectivity index (χ4v) is 2.48. The van der Waals surface area contributed by atoms with Crippen LogP contribution in [0.15, 0.2) is 36.4 Å². The van der Waals surface area contributed by atoms with Gasteiger partial charge in [0.1, 0.15) is 0 Å². The summed E-state index contributed by atoms with van der Waals surface area (Å²) in [4.78, 5) is 36.0. The van der Waals surface area contributed by atoms with Crippen molar-refractivity contribution in [1.82, 2.24) is 20.4 Å². The number of hydrogen-bond acceptors (Lipinski definition) is 5. The van der Waals surface area contributed by atoms with E-state index in [0.29, 0.717) is 5.56 Å². The van der Waals surface area contributed by atoms with E-state index in [-0.39, 0.29) is 0 Å². The maximum atomic E-state index is 12.3. The van der Waals surface area contributed by atoms with Gasteiger partial charge in [0, 0.05) is 37.0 Å². The van der Waals surface area contributed by atoms with E-state index in [1.54, 1.807) is 41.1 Å². The van der Waals surface area contributed by atoms with Crippen molar-refractivity contribution < 1.29 is 19.1 Å². The summed E-state index contributed by atoms with van der Waals surface area (Å²) in [5, 5.41) is 8.68. The van der Waals surface area contributed by atoms with E-state index in [1.807, 2.05) is 20.9 Å². The maximum Gasteiger partial charge on any atom is 0.331 e. The highest BCUT2D eigenvalue weighted by Gasteiger charge is 2.25. The Morgan fingerprint density at radius 3 is 2.41 bits per heavy atom. The molecule has 3 amide bonds. The molecular weight excluding hydrogens is 348 g/mol. The molecule has 1 aromatic carbocycles. The summed E-state index contributed by atoms with van der Waals surface area (Å²) in [7, 11) is 3.19. The van der Waals surface area contributed by atoms with E-state index in [2.05, 4.69) is 15.7 Å². The van der Waals surface area contributed by atoms with Crippen LogP contribution in [0.4, 0.5) is 4.79 Å². The molecule has 0 radical (unpaired) electrons. The van der Waals surface area contributed by atoms with Crippen LogP contribution in [-0.4, -0.2) is 34.7 Å². The Labute approximate surface area is 157 Å². The molecule has 0 saturated carbocycles. The van der Waals surface area contributed by atoms with Gasteiger partial charge in [0.15, 0.2) is 0 Å². The number of aryl methyl sites for hydroxylation is 2. The predicted molar refractivity (Wildman–Crippen MR) is 99.6 cm³/mol. The molecule has 142 valence electrons. The summed E-state index contributed by atoms with van der Waals surface area (Å²) in [6.07, 6.45) is 1.58. The van der Waals surface area contributed by atoms with Crippen LogP contribution in [0.2, 0.25) is 0 Å². The number of aromatic nitrogens is 2. The van der Waals surface area contributed by atoms with Crippen molar-refractivity contribution in [2.75, 3.05) is 7.05 Å². The highest BCUT2D eigenvalue weighted by atomic mass is 16.5. The SMILES string of the molecule is CNC(=O)NC(=O)C(OC(=O)/C=C/c1c(C)nn(C)c1C)c1ccccc1. The van der Waals surface area contributed by atoms with Crippen LogP contribution in [0.1, 0.15) is 28.6 Å². The second-order valence-electron chi connectivity index (χ2n) is 5.84. The third-order valence-electron chi connectivity index (χ3n) is 3.99. The zero-order valence-corrected chi connectivity index (χ0v) is 15.6. The Bertz CT molecular complexity index is 871. The molecule has 0 saturated heterocycles. The van der Waals surface area contributed by atoms with Gasteiger partial charge in [-0.25, -0.2) is 9.59 Å².